The van der Waals surface area contributed by atoms with Crippen LogP contribution in [0.15, 0.2) is 0 Å². The molecule has 0 spiro atoms. The van der Waals surface area contributed by atoms with E-state index in [1.54, 1.807) is 0 Å². The Morgan fingerprint density at radius 1 is 0.291 bits per heavy atom. The van der Waals surface area contributed by atoms with Gasteiger partial charge in [0.05, 0.1) is 54.4 Å². The Bertz CT molecular complexity index is 751. The lowest BCUT2D eigenvalue weighted by Crippen LogP contribution is -2.54. The number of rotatable bonds is 44. The van der Waals surface area contributed by atoms with Gasteiger partial charge in [0, 0.05) is 24.9 Å². The highest BCUT2D eigenvalue weighted by Crippen LogP contribution is 2.20. The molecule has 0 aliphatic heterocycles. The zero-order valence-corrected chi connectivity index (χ0v) is 40.4. The molecule has 0 rings (SSSR count). The van der Waals surface area contributed by atoms with E-state index in [0.29, 0.717) is 12.8 Å². The number of nitrogens with zero attached hydrogens (tertiary/aromatic N) is 2. The lowest BCUT2D eigenvalue weighted by Gasteiger charge is -2.32. The Hall–Kier alpha value is 0.154. The molecule has 0 radical (unpaired) electrons. The molecular weight excluding hydrogens is 717 g/mol. The van der Waals surface area contributed by atoms with E-state index in [2.05, 4.69) is 42.0 Å². The smallest absolute Gasteiger partial charge is 0.390 e. The first-order valence-corrected chi connectivity index (χ1v) is 28.5. The molecule has 9 heteroatoms. The van der Waals surface area contributed by atoms with Crippen LogP contribution >= 0.6 is 0 Å². The van der Waals surface area contributed by atoms with Gasteiger partial charge in [-0.05, 0) is 25.7 Å². The minimum atomic E-state index is -4.12. The molecule has 0 saturated heterocycles. The Morgan fingerprint density at radius 3 is 0.691 bits per heavy atom. The average Bonchev–Trinajstić information content (AvgIpc) is 3.10. The first-order valence-electron chi connectivity index (χ1n) is 24.5. The van der Waals surface area contributed by atoms with Gasteiger partial charge in [-0.25, -0.2) is 0 Å². The van der Waals surface area contributed by atoms with Crippen molar-refractivity contribution in [1.29, 1.82) is 0 Å². The van der Waals surface area contributed by atoms with Crippen LogP contribution in [0.3, 0.4) is 0 Å². The van der Waals surface area contributed by atoms with E-state index in [-0.39, 0.29) is 12.1 Å². The molecular formula is C46H102N2O5Si2+2. The van der Waals surface area contributed by atoms with Gasteiger partial charge in [0.2, 0.25) is 0 Å². The van der Waals surface area contributed by atoms with E-state index in [0.717, 1.165) is 35.1 Å². The molecule has 0 aromatic rings. The third kappa shape index (κ3) is 40.7. The van der Waals surface area contributed by atoms with E-state index in [1.165, 1.54) is 205 Å². The second kappa shape index (κ2) is 36.0. The fourth-order valence-corrected chi connectivity index (χ4v) is 12.4. The van der Waals surface area contributed by atoms with Gasteiger partial charge in [0.15, 0.2) is 0 Å². The molecule has 4 N–H and O–H groups in total. The van der Waals surface area contributed by atoms with Crippen molar-refractivity contribution in [3.05, 3.63) is 0 Å². The van der Waals surface area contributed by atoms with E-state index < -0.39 is 17.6 Å². The average molecular weight is 820 g/mol. The van der Waals surface area contributed by atoms with Crippen LogP contribution in [0, 0.1) is 0 Å². The lowest BCUT2D eigenvalue weighted by molar-refractivity contribution is -0.890. The van der Waals surface area contributed by atoms with Gasteiger partial charge in [-0.3, -0.25) is 0 Å². The maximum absolute atomic E-state index is 10.6. The summed E-state index contributed by atoms with van der Waals surface area (Å²) in [4.78, 5) is 42.5. The maximum Gasteiger partial charge on any atom is 0.488 e. The Morgan fingerprint density at radius 2 is 0.473 bits per heavy atom. The fourth-order valence-electron chi connectivity index (χ4n) is 8.24. The molecule has 0 aliphatic carbocycles. The molecule has 0 bridgehead atoms. The van der Waals surface area contributed by atoms with Crippen molar-refractivity contribution in [1.82, 2.24) is 0 Å². The Kier molecular flexibility index (Phi) is 36.1. The van der Waals surface area contributed by atoms with Gasteiger partial charge in [0.1, 0.15) is 0 Å². The third-order valence-electron chi connectivity index (χ3n) is 12.1. The second-order valence-corrected chi connectivity index (χ2v) is 24.0. The van der Waals surface area contributed by atoms with Crippen molar-refractivity contribution < 1.29 is 32.3 Å². The molecule has 332 valence electrons. The first-order chi connectivity index (χ1) is 26.2. The minimum Gasteiger partial charge on any atom is -0.390 e. The summed E-state index contributed by atoms with van der Waals surface area (Å²) < 4.78 is 7.02. The number of hydrogen-bond donors (Lipinski definition) is 4. The molecule has 0 unspecified atom stereocenters. The molecule has 0 aliphatic rings. The number of unbranched alkanes of at least 4 members (excludes halogenated alkanes) is 30. The van der Waals surface area contributed by atoms with Gasteiger partial charge in [-0.2, -0.15) is 0 Å². The van der Waals surface area contributed by atoms with Crippen molar-refractivity contribution >= 4 is 17.6 Å². The summed E-state index contributed by atoms with van der Waals surface area (Å²) in [5.41, 5.74) is 0. The summed E-state index contributed by atoms with van der Waals surface area (Å²) in [5, 5.41) is 0. The van der Waals surface area contributed by atoms with Crippen LogP contribution in [0.5, 0.6) is 0 Å². The SMILES string of the molecule is CCCCCCCCCCCCCCCCCC[N+](C)(C)CCC[Si](O)(O)O[Si](O)(O)CCC[N+](C)(C)CCCCCCCCCCCCCCCCCC. The highest BCUT2D eigenvalue weighted by atomic mass is 28.5. The van der Waals surface area contributed by atoms with Crippen LogP contribution in [0.25, 0.3) is 0 Å². The van der Waals surface area contributed by atoms with E-state index in [4.69, 9.17) is 4.12 Å². The molecule has 0 fully saturated rings. The van der Waals surface area contributed by atoms with E-state index in [1.807, 2.05) is 0 Å². The third-order valence-corrected chi connectivity index (χ3v) is 16.7. The molecule has 0 atom stereocenters. The first kappa shape index (κ1) is 55.2. The zero-order chi connectivity index (χ0) is 41.0. The largest absolute Gasteiger partial charge is 0.488 e. The van der Waals surface area contributed by atoms with Crippen LogP contribution in [0.2, 0.25) is 12.1 Å². The summed E-state index contributed by atoms with van der Waals surface area (Å²) in [7, 11) is 0.597. The van der Waals surface area contributed by atoms with Crippen molar-refractivity contribution in [3.63, 3.8) is 0 Å². The molecule has 55 heavy (non-hydrogen) atoms. The minimum absolute atomic E-state index is 0.115. The normalized spacial score (nSPS) is 13.0. The second-order valence-electron chi connectivity index (χ2n) is 19.2. The fraction of sp³-hybridized carbons (Fsp3) is 1.00. The molecule has 0 aromatic carbocycles. The predicted molar refractivity (Wildman–Crippen MR) is 243 cm³/mol. The molecule has 0 aromatic heterocycles. The summed E-state index contributed by atoms with van der Waals surface area (Å²) >= 11 is 0. The maximum atomic E-state index is 10.6. The Labute approximate surface area is 347 Å². The Balaban J connectivity index is 3.86. The van der Waals surface area contributed by atoms with Crippen molar-refractivity contribution in [2.45, 2.75) is 244 Å². The van der Waals surface area contributed by atoms with Gasteiger partial charge in [-0.15, -0.1) is 0 Å². The summed E-state index contributed by atoms with van der Waals surface area (Å²) in [5.74, 6) is 0. The van der Waals surface area contributed by atoms with E-state index in [9.17, 15) is 19.2 Å². The summed E-state index contributed by atoms with van der Waals surface area (Å²) in [6.07, 6.45) is 45.2. The highest BCUT2D eigenvalue weighted by molar-refractivity contribution is 6.72. The molecule has 0 saturated carbocycles. The molecule has 0 amide bonds. The van der Waals surface area contributed by atoms with Crippen molar-refractivity contribution in [2.24, 2.45) is 0 Å². The van der Waals surface area contributed by atoms with Gasteiger partial charge in [-0.1, -0.05) is 194 Å². The highest BCUT2D eigenvalue weighted by Gasteiger charge is 2.45. The van der Waals surface area contributed by atoms with Crippen molar-refractivity contribution in [3.8, 4) is 0 Å². The van der Waals surface area contributed by atoms with Gasteiger partial charge >= 0.3 is 17.6 Å². The van der Waals surface area contributed by atoms with Crippen LogP contribution in [-0.2, 0) is 4.12 Å². The monoisotopic (exact) mass is 819 g/mol. The summed E-state index contributed by atoms with van der Waals surface area (Å²) in [6, 6.07) is 0.231. The quantitative estimate of drug-likeness (QED) is 0.0279. The summed E-state index contributed by atoms with van der Waals surface area (Å²) in [6.45, 7) is 8.39. The van der Waals surface area contributed by atoms with E-state index >= 15 is 0 Å². The molecule has 7 nitrogen and oxygen atoms in total. The van der Waals surface area contributed by atoms with Crippen LogP contribution in [0.1, 0.15) is 232 Å². The van der Waals surface area contributed by atoms with Crippen LogP contribution < -0.4 is 0 Å². The lowest BCUT2D eigenvalue weighted by atomic mass is 10.0. The topological polar surface area (TPSA) is 90.2 Å². The number of hydrogen-bond acceptors (Lipinski definition) is 5. The van der Waals surface area contributed by atoms with Crippen LogP contribution in [0.4, 0.5) is 0 Å². The molecule has 0 heterocycles. The predicted octanol–water partition coefficient (Wildman–Crippen LogP) is 12.3. The number of quaternary nitrogens is 2. The van der Waals surface area contributed by atoms with Gasteiger partial charge in [0.25, 0.3) is 0 Å². The van der Waals surface area contributed by atoms with Crippen LogP contribution in [-0.4, -0.2) is 100 Å². The van der Waals surface area contributed by atoms with Gasteiger partial charge < -0.3 is 32.3 Å². The van der Waals surface area contributed by atoms with Crippen molar-refractivity contribution in [2.75, 3.05) is 54.4 Å². The zero-order valence-electron chi connectivity index (χ0n) is 38.4. The standard InChI is InChI=1S/C46H102N2O5Si2/c1-7-9-11-13-15-17-19-21-23-25-27-29-31-33-35-37-41-47(3,4)43-39-45-54(49,50)53-55(51,52)46-40-44-48(5,6)42-38-36-34-32-30-28-26-24-22-20-18-16-14-12-10-8-2/h49-52H,7-46H2,1-6H3/q+2.